The Morgan fingerprint density at radius 1 is 1.21 bits per heavy atom. The third-order valence-corrected chi connectivity index (χ3v) is 3.62. The molecule has 1 aromatic carbocycles. The van der Waals surface area contributed by atoms with Gasteiger partial charge in [-0.05, 0) is 44.3 Å². The van der Waals surface area contributed by atoms with E-state index in [9.17, 15) is 0 Å². The van der Waals surface area contributed by atoms with Crippen LogP contribution in [0.4, 0.5) is 0 Å². The largest absolute Gasteiger partial charge is 0.492 e. The van der Waals surface area contributed by atoms with Crippen molar-refractivity contribution in [2.24, 2.45) is 5.73 Å². The monoisotopic (exact) mass is 263 g/mol. The van der Waals surface area contributed by atoms with Crippen LogP contribution in [0.15, 0.2) is 24.3 Å². The summed E-state index contributed by atoms with van der Waals surface area (Å²) in [5.41, 5.74) is 6.75. The van der Waals surface area contributed by atoms with Crippen molar-refractivity contribution in [1.29, 1.82) is 0 Å². The van der Waals surface area contributed by atoms with Crippen LogP contribution in [-0.4, -0.2) is 56.2 Å². The van der Waals surface area contributed by atoms with Gasteiger partial charge in [0.05, 0.1) is 0 Å². The molecule has 0 aromatic heterocycles. The average molecular weight is 263 g/mol. The first-order valence-electron chi connectivity index (χ1n) is 7.10. The summed E-state index contributed by atoms with van der Waals surface area (Å²) in [5, 5.41) is 0. The predicted molar refractivity (Wildman–Crippen MR) is 78.4 cm³/mol. The molecule has 0 bridgehead atoms. The Labute approximate surface area is 116 Å². The van der Waals surface area contributed by atoms with Crippen LogP contribution in [0.3, 0.4) is 0 Å². The fraction of sp³-hybridized carbons (Fsp3) is 0.600. The lowest BCUT2D eigenvalue weighted by Crippen LogP contribution is -2.32. The Balaban J connectivity index is 1.73. The highest BCUT2D eigenvalue weighted by molar-refractivity contribution is 5.28. The van der Waals surface area contributed by atoms with Gasteiger partial charge in [0.15, 0.2) is 0 Å². The SMILES string of the molecule is CN1CCCN(CCOc2cccc(CN)c2)CC1. The molecule has 0 spiro atoms. The molecule has 0 unspecified atom stereocenters. The van der Waals surface area contributed by atoms with Gasteiger partial charge >= 0.3 is 0 Å². The summed E-state index contributed by atoms with van der Waals surface area (Å²) in [5.74, 6) is 0.926. The van der Waals surface area contributed by atoms with E-state index in [4.69, 9.17) is 10.5 Å². The van der Waals surface area contributed by atoms with Crippen molar-refractivity contribution in [1.82, 2.24) is 9.80 Å². The Morgan fingerprint density at radius 3 is 2.95 bits per heavy atom. The summed E-state index contributed by atoms with van der Waals surface area (Å²) < 4.78 is 5.81. The van der Waals surface area contributed by atoms with E-state index in [2.05, 4.69) is 16.8 Å². The average Bonchev–Trinajstić information content (AvgIpc) is 2.64. The maximum Gasteiger partial charge on any atom is 0.119 e. The first-order chi connectivity index (χ1) is 9.28. The molecule has 4 nitrogen and oxygen atoms in total. The molecule has 1 aliphatic rings. The van der Waals surface area contributed by atoms with E-state index < -0.39 is 0 Å². The van der Waals surface area contributed by atoms with Gasteiger partial charge in [-0.2, -0.15) is 0 Å². The molecule has 2 rings (SSSR count). The van der Waals surface area contributed by atoms with Crippen LogP contribution < -0.4 is 10.5 Å². The second-order valence-corrected chi connectivity index (χ2v) is 5.20. The minimum Gasteiger partial charge on any atom is -0.492 e. The van der Waals surface area contributed by atoms with E-state index in [0.29, 0.717) is 6.54 Å². The van der Waals surface area contributed by atoms with E-state index in [1.807, 2.05) is 24.3 Å². The smallest absolute Gasteiger partial charge is 0.119 e. The zero-order valence-corrected chi connectivity index (χ0v) is 11.8. The molecule has 1 heterocycles. The van der Waals surface area contributed by atoms with Crippen molar-refractivity contribution in [3.63, 3.8) is 0 Å². The second-order valence-electron chi connectivity index (χ2n) is 5.20. The zero-order valence-electron chi connectivity index (χ0n) is 11.8. The molecule has 1 saturated heterocycles. The highest BCUT2D eigenvalue weighted by atomic mass is 16.5. The topological polar surface area (TPSA) is 41.7 Å². The molecule has 0 saturated carbocycles. The van der Waals surface area contributed by atoms with Crippen molar-refractivity contribution >= 4 is 0 Å². The second kappa shape index (κ2) is 7.48. The van der Waals surface area contributed by atoms with Crippen molar-refractivity contribution < 1.29 is 4.74 Å². The molecule has 1 aromatic rings. The molecule has 1 fully saturated rings. The number of nitrogens with zero attached hydrogens (tertiary/aromatic N) is 2. The molecule has 4 heteroatoms. The molecule has 2 N–H and O–H groups in total. The lowest BCUT2D eigenvalue weighted by Gasteiger charge is -2.20. The summed E-state index contributed by atoms with van der Waals surface area (Å²) in [6.07, 6.45) is 1.25. The van der Waals surface area contributed by atoms with Crippen LogP contribution in [0.25, 0.3) is 0 Å². The number of rotatable bonds is 5. The zero-order chi connectivity index (χ0) is 13.5. The number of nitrogens with two attached hydrogens (primary N) is 1. The normalized spacial score (nSPS) is 18.2. The highest BCUT2D eigenvalue weighted by Crippen LogP contribution is 2.12. The van der Waals surface area contributed by atoms with Crippen molar-refractivity contribution in [3.05, 3.63) is 29.8 Å². The summed E-state index contributed by atoms with van der Waals surface area (Å²) in [4.78, 5) is 4.88. The first kappa shape index (κ1) is 14.3. The van der Waals surface area contributed by atoms with Crippen LogP contribution >= 0.6 is 0 Å². The molecule has 0 aliphatic carbocycles. The minimum atomic E-state index is 0.565. The van der Waals surface area contributed by atoms with Gasteiger partial charge in [0.1, 0.15) is 12.4 Å². The predicted octanol–water partition coefficient (Wildman–Crippen LogP) is 1.16. The van der Waals surface area contributed by atoms with Crippen LogP contribution in [0, 0.1) is 0 Å². The maximum atomic E-state index is 5.81. The maximum absolute atomic E-state index is 5.81. The summed E-state index contributed by atoms with van der Waals surface area (Å²) in [6.45, 7) is 6.99. The number of likely N-dealkylation sites (N-methyl/N-ethyl adjacent to an activating group) is 1. The standard InChI is InChI=1S/C15H25N3O/c1-17-6-3-7-18(9-8-17)10-11-19-15-5-2-4-14(12-15)13-16/h2,4-5,12H,3,6-11,13,16H2,1H3. The molecule has 0 atom stereocenters. The first-order valence-corrected chi connectivity index (χ1v) is 7.10. The third-order valence-electron chi connectivity index (χ3n) is 3.62. The summed E-state index contributed by atoms with van der Waals surface area (Å²) in [6, 6.07) is 8.04. The number of benzene rings is 1. The van der Waals surface area contributed by atoms with Crippen molar-refractivity contribution in [2.45, 2.75) is 13.0 Å². The van der Waals surface area contributed by atoms with Crippen LogP contribution in [0.5, 0.6) is 5.75 Å². The van der Waals surface area contributed by atoms with Gasteiger partial charge in [-0.15, -0.1) is 0 Å². The molecule has 0 radical (unpaired) electrons. The van der Waals surface area contributed by atoms with E-state index in [1.165, 1.54) is 19.5 Å². The van der Waals surface area contributed by atoms with Crippen LogP contribution in [0.2, 0.25) is 0 Å². The summed E-state index contributed by atoms with van der Waals surface area (Å²) >= 11 is 0. The van der Waals surface area contributed by atoms with Gasteiger partial charge in [0, 0.05) is 26.2 Å². The van der Waals surface area contributed by atoms with Gasteiger partial charge in [-0.1, -0.05) is 12.1 Å². The van der Waals surface area contributed by atoms with Crippen molar-refractivity contribution in [3.8, 4) is 5.75 Å². The molecular formula is C15H25N3O. The fourth-order valence-electron chi connectivity index (χ4n) is 2.38. The van der Waals surface area contributed by atoms with Crippen molar-refractivity contribution in [2.75, 3.05) is 46.4 Å². The van der Waals surface area contributed by atoms with Gasteiger partial charge in [0.25, 0.3) is 0 Å². The van der Waals surface area contributed by atoms with Crippen LogP contribution in [0.1, 0.15) is 12.0 Å². The van der Waals surface area contributed by atoms with E-state index in [0.717, 1.165) is 37.6 Å². The lowest BCUT2D eigenvalue weighted by atomic mass is 10.2. The van der Waals surface area contributed by atoms with Crippen LogP contribution in [-0.2, 0) is 6.54 Å². The van der Waals surface area contributed by atoms with Gasteiger partial charge in [-0.25, -0.2) is 0 Å². The van der Waals surface area contributed by atoms with E-state index in [-0.39, 0.29) is 0 Å². The molecule has 19 heavy (non-hydrogen) atoms. The fourth-order valence-corrected chi connectivity index (χ4v) is 2.38. The molecule has 0 amide bonds. The quantitative estimate of drug-likeness (QED) is 0.865. The Hall–Kier alpha value is -1.10. The van der Waals surface area contributed by atoms with E-state index >= 15 is 0 Å². The number of ether oxygens (including phenoxy) is 1. The minimum absolute atomic E-state index is 0.565. The highest BCUT2D eigenvalue weighted by Gasteiger charge is 2.11. The summed E-state index contributed by atoms with van der Waals surface area (Å²) in [7, 11) is 2.19. The molecular weight excluding hydrogens is 238 g/mol. The Bertz CT molecular complexity index is 383. The number of hydrogen-bond donors (Lipinski definition) is 1. The lowest BCUT2D eigenvalue weighted by molar-refractivity contribution is 0.212. The molecule has 106 valence electrons. The molecule has 1 aliphatic heterocycles. The van der Waals surface area contributed by atoms with Gasteiger partial charge < -0.3 is 15.4 Å². The Kier molecular flexibility index (Phi) is 5.63. The van der Waals surface area contributed by atoms with Gasteiger partial charge in [-0.3, -0.25) is 4.90 Å². The van der Waals surface area contributed by atoms with Gasteiger partial charge in [0.2, 0.25) is 0 Å². The Morgan fingerprint density at radius 2 is 2.11 bits per heavy atom. The third kappa shape index (κ3) is 4.82. The van der Waals surface area contributed by atoms with E-state index in [1.54, 1.807) is 0 Å². The number of hydrogen-bond acceptors (Lipinski definition) is 4.